The lowest BCUT2D eigenvalue weighted by atomic mass is 10.1. The summed E-state index contributed by atoms with van der Waals surface area (Å²) in [5.74, 6) is -0.269. The maximum Gasteiger partial charge on any atom is 0.347 e. The van der Waals surface area contributed by atoms with Gasteiger partial charge in [0.25, 0.3) is 0 Å². The molecule has 1 fully saturated rings. The van der Waals surface area contributed by atoms with Crippen molar-refractivity contribution < 1.29 is 19.4 Å². The number of phenolic OH excluding ortho intramolecular Hbond substituents is 1. The average molecular weight is 346 g/mol. The van der Waals surface area contributed by atoms with Crippen LogP contribution in [0.5, 0.6) is 5.75 Å². The molecular weight excluding hydrogens is 324 g/mol. The van der Waals surface area contributed by atoms with Crippen LogP contribution in [0.4, 0.5) is 0 Å². The molecule has 1 aliphatic heterocycles. The molecule has 0 spiro atoms. The summed E-state index contributed by atoms with van der Waals surface area (Å²) in [6.07, 6.45) is 0. The zero-order valence-corrected chi connectivity index (χ0v) is 14.2. The Kier molecular flexibility index (Phi) is 5.17. The molecule has 2 N–H and O–H groups in total. The monoisotopic (exact) mass is 346 g/mol. The zero-order chi connectivity index (χ0) is 18.0. The minimum Gasteiger partial charge on any atom is -0.507 e. The van der Waals surface area contributed by atoms with Crippen LogP contribution in [0.25, 0.3) is 11.0 Å². The fraction of sp³-hybridized carbons (Fsp3) is 0.444. The van der Waals surface area contributed by atoms with Gasteiger partial charge in [-0.2, -0.15) is 0 Å². The predicted octanol–water partition coefficient (Wildman–Crippen LogP) is 0.811. The Balaban J connectivity index is 1.88. The number of piperazine rings is 1. The summed E-state index contributed by atoms with van der Waals surface area (Å²) in [5, 5.41) is 19.9. The Labute approximate surface area is 145 Å². The van der Waals surface area contributed by atoms with E-state index in [9.17, 15) is 14.7 Å². The molecule has 7 nitrogen and oxygen atoms in total. The predicted molar refractivity (Wildman–Crippen MR) is 93.0 cm³/mol. The van der Waals surface area contributed by atoms with E-state index in [1.807, 2.05) is 0 Å². The highest BCUT2D eigenvalue weighted by atomic mass is 16.4. The molecule has 25 heavy (non-hydrogen) atoms. The minimum absolute atomic E-state index is 0.0155. The largest absolute Gasteiger partial charge is 0.507 e. The molecule has 2 aromatic rings. The van der Waals surface area contributed by atoms with Crippen molar-refractivity contribution in [2.24, 2.45) is 0 Å². The van der Waals surface area contributed by atoms with Crippen LogP contribution in [0.2, 0.25) is 0 Å². The molecule has 0 radical (unpaired) electrons. The van der Waals surface area contributed by atoms with Crippen molar-refractivity contribution in [2.75, 3.05) is 39.3 Å². The summed E-state index contributed by atoms with van der Waals surface area (Å²) in [5.41, 5.74) is 0.217. The lowest BCUT2D eigenvalue weighted by Crippen LogP contribution is -2.46. The molecule has 0 atom stereocenters. The van der Waals surface area contributed by atoms with Crippen molar-refractivity contribution in [1.29, 1.82) is 0 Å². The van der Waals surface area contributed by atoms with Gasteiger partial charge in [-0.15, -0.1) is 0 Å². The quantitative estimate of drug-likeness (QED) is 0.611. The number of hydrogen-bond acceptors (Lipinski definition) is 7. The maximum atomic E-state index is 12.0. The zero-order valence-electron chi connectivity index (χ0n) is 14.2. The van der Waals surface area contributed by atoms with Crippen molar-refractivity contribution in [2.45, 2.75) is 13.5 Å². The Hall–Kier alpha value is -2.22. The third kappa shape index (κ3) is 3.73. The van der Waals surface area contributed by atoms with Crippen LogP contribution in [0.3, 0.4) is 0 Å². The van der Waals surface area contributed by atoms with Crippen LogP contribution in [0.15, 0.2) is 27.4 Å². The van der Waals surface area contributed by atoms with Crippen molar-refractivity contribution in [3.8, 4) is 5.75 Å². The molecule has 0 amide bonds. The number of nitrogens with zero attached hydrogens (tertiary/aromatic N) is 2. The fourth-order valence-electron chi connectivity index (χ4n) is 3.17. The van der Waals surface area contributed by atoms with Gasteiger partial charge in [0.15, 0.2) is 5.78 Å². The van der Waals surface area contributed by atoms with Gasteiger partial charge in [0, 0.05) is 44.7 Å². The van der Waals surface area contributed by atoms with Crippen molar-refractivity contribution in [3.63, 3.8) is 0 Å². The lowest BCUT2D eigenvalue weighted by Gasteiger charge is -2.34. The first-order chi connectivity index (χ1) is 12.0. The second-order valence-corrected chi connectivity index (χ2v) is 6.33. The van der Waals surface area contributed by atoms with Crippen molar-refractivity contribution in [3.05, 3.63) is 39.7 Å². The number of hydrogen-bond donors (Lipinski definition) is 2. The third-order valence-electron chi connectivity index (χ3n) is 4.62. The summed E-state index contributed by atoms with van der Waals surface area (Å²) in [7, 11) is 0. The summed E-state index contributed by atoms with van der Waals surface area (Å²) >= 11 is 0. The van der Waals surface area contributed by atoms with E-state index in [0.717, 1.165) is 26.2 Å². The summed E-state index contributed by atoms with van der Waals surface area (Å²) in [4.78, 5) is 27.9. The van der Waals surface area contributed by atoms with Gasteiger partial charge in [-0.1, -0.05) is 0 Å². The SMILES string of the molecule is CC(=O)c1cc2ccc(O)c(CN3CCN(CCO)CC3)c2oc1=O. The van der Waals surface area contributed by atoms with E-state index in [-0.39, 0.29) is 23.7 Å². The van der Waals surface area contributed by atoms with Gasteiger partial charge in [0.1, 0.15) is 16.9 Å². The van der Waals surface area contributed by atoms with Crippen LogP contribution in [-0.2, 0) is 6.54 Å². The summed E-state index contributed by atoms with van der Waals surface area (Å²) in [6, 6.07) is 4.72. The molecule has 1 aromatic heterocycles. The molecular formula is C18H22N2O5. The van der Waals surface area contributed by atoms with Crippen molar-refractivity contribution >= 4 is 16.8 Å². The highest BCUT2D eigenvalue weighted by Crippen LogP contribution is 2.28. The number of β-amino-alcohol motifs (C(OH)–C–C–N with tert-alkyl or cyclic N) is 1. The molecule has 134 valence electrons. The number of aromatic hydroxyl groups is 1. The highest BCUT2D eigenvalue weighted by molar-refractivity contribution is 5.97. The first kappa shape index (κ1) is 17.6. The molecule has 0 saturated carbocycles. The number of aliphatic hydroxyl groups is 1. The van der Waals surface area contributed by atoms with Gasteiger partial charge >= 0.3 is 5.63 Å². The Bertz CT molecular complexity index is 837. The van der Waals surface area contributed by atoms with E-state index in [0.29, 0.717) is 29.6 Å². The number of carbonyl (C=O) groups excluding carboxylic acids is 1. The number of Topliss-reactive ketones (excluding diaryl/α,β-unsaturated/α-hetero) is 1. The van der Waals surface area contributed by atoms with Crippen LogP contribution in [-0.4, -0.2) is 65.1 Å². The number of benzene rings is 1. The molecule has 0 unspecified atom stereocenters. The summed E-state index contributed by atoms with van der Waals surface area (Å²) < 4.78 is 5.36. The van der Waals surface area contributed by atoms with E-state index < -0.39 is 5.63 Å². The van der Waals surface area contributed by atoms with Gasteiger partial charge in [0.2, 0.25) is 0 Å². The van der Waals surface area contributed by atoms with Gasteiger partial charge in [0.05, 0.1) is 12.2 Å². The topological polar surface area (TPSA) is 94.2 Å². The number of rotatable bonds is 5. The number of aliphatic hydroxyl groups excluding tert-OH is 1. The Morgan fingerprint density at radius 3 is 2.52 bits per heavy atom. The van der Waals surface area contributed by atoms with Crippen LogP contribution in [0.1, 0.15) is 22.8 Å². The second kappa shape index (κ2) is 7.35. The van der Waals surface area contributed by atoms with Crippen LogP contribution < -0.4 is 5.63 Å². The molecule has 1 aliphatic rings. The van der Waals surface area contributed by atoms with E-state index >= 15 is 0 Å². The van der Waals surface area contributed by atoms with E-state index in [4.69, 9.17) is 9.52 Å². The fourth-order valence-corrected chi connectivity index (χ4v) is 3.17. The molecule has 2 heterocycles. The first-order valence-corrected chi connectivity index (χ1v) is 8.35. The first-order valence-electron chi connectivity index (χ1n) is 8.35. The molecule has 1 saturated heterocycles. The van der Waals surface area contributed by atoms with Gasteiger partial charge in [-0.25, -0.2) is 4.79 Å². The van der Waals surface area contributed by atoms with Gasteiger partial charge in [-0.05, 0) is 25.1 Å². The minimum atomic E-state index is -0.681. The van der Waals surface area contributed by atoms with E-state index in [1.54, 1.807) is 12.1 Å². The Morgan fingerprint density at radius 2 is 1.88 bits per heavy atom. The summed E-state index contributed by atoms with van der Waals surface area (Å²) in [6.45, 7) is 5.86. The number of phenols is 1. The number of ketones is 1. The second-order valence-electron chi connectivity index (χ2n) is 6.33. The van der Waals surface area contributed by atoms with E-state index in [2.05, 4.69) is 9.80 Å². The molecule has 0 bridgehead atoms. The normalized spacial score (nSPS) is 16.4. The van der Waals surface area contributed by atoms with Crippen LogP contribution >= 0.6 is 0 Å². The molecule has 0 aliphatic carbocycles. The van der Waals surface area contributed by atoms with Gasteiger partial charge in [-0.3, -0.25) is 14.6 Å². The average Bonchev–Trinajstić information content (AvgIpc) is 2.59. The number of fused-ring (bicyclic) bond motifs is 1. The highest BCUT2D eigenvalue weighted by Gasteiger charge is 2.20. The molecule has 1 aromatic carbocycles. The maximum absolute atomic E-state index is 12.0. The lowest BCUT2D eigenvalue weighted by molar-refractivity contribution is 0.101. The standard InChI is InChI=1S/C18H22N2O5/c1-12(22)14-10-13-2-3-16(23)15(17(13)25-18(14)24)11-20-6-4-19(5-7-20)8-9-21/h2-3,10,21,23H,4-9,11H2,1H3. The smallest absolute Gasteiger partial charge is 0.347 e. The van der Waals surface area contributed by atoms with Crippen molar-refractivity contribution in [1.82, 2.24) is 9.80 Å². The number of carbonyl (C=O) groups is 1. The van der Waals surface area contributed by atoms with Crippen LogP contribution in [0, 0.1) is 0 Å². The molecule has 7 heteroatoms. The van der Waals surface area contributed by atoms with E-state index in [1.165, 1.54) is 13.0 Å². The molecule has 3 rings (SSSR count). The van der Waals surface area contributed by atoms with Gasteiger partial charge < -0.3 is 14.6 Å². The Morgan fingerprint density at radius 1 is 1.20 bits per heavy atom. The third-order valence-corrected chi connectivity index (χ3v) is 4.62.